The van der Waals surface area contributed by atoms with Gasteiger partial charge >= 0.3 is 8.03 Å². The van der Waals surface area contributed by atoms with E-state index < -0.39 is 38.2 Å². The molecule has 0 aliphatic rings. The first-order chi connectivity index (χ1) is 5.86. The molecular formula is C5H5O7P-2. The Hall–Kier alpha value is -1.04. The van der Waals surface area contributed by atoms with Crippen LogP contribution in [0.5, 0.6) is 0 Å². The van der Waals surface area contributed by atoms with Gasteiger partial charge < -0.3 is 29.8 Å². The molecule has 0 saturated heterocycles. The second-order valence-electron chi connectivity index (χ2n) is 2.20. The maximum atomic E-state index is 10.2. The number of carboxylic acids is 2. The Balaban J connectivity index is 4.51. The van der Waals surface area contributed by atoms with Gasteiger partial charge in [0.2, 0.25) is 0 Å². The van der Waals surface area contributed by atoms with Crippen molar-refractivity contribution in [2.24, 2.45) is 5.92 Å². The lowest BCUT2D eigenvalue weighted by Crippen LogP contribution is -2.48. The number of carbonyl (C=O) groups is 2. The highest BCUT2D eigenvalue weighted by molar-refractivity contribution is 7.36. The first-order valence-corrected chi connectivity index (χ1v) is 4.44. The molecule has 8 heteroatoms. The molecule has 0 heterocycles. The van der Waals surface area contributed by atoms with Crippen LogP contribution in [-0.4, -0.2) is 29.3 Å². The van der Waals surface area contributed by atoms with Crippen molar-refractivity contribution >= 4 is 20.0 Å². The predicted molar refractivity (Wildman–Crippen MR) is 32.0 cm³/mol. The van der Waals surface area contributed by atoms with Crippen LogP contribution in [0.15, 0.2) is 0 Å². The Morgan fingerprint density at radius 1 is 1.31 bits per heavy atom. The molecule has 0 spiro atoms. The molecule has 0 rings (SSSR count). The van der Waals surface area contributed by atoms with E-state index in [1.807, 2.05) is 0 Å². The van der Waals surface area contributed by atoms with Crippen molar-refractivity contribution in [2.45, 2.75) is 6.10 Å². The van der Waals surface area contributed by atoms with Gasteiger partial charge in [-0.3, -0.25) is 0 Å². The first kappa shape index (κ1) is 12.0. The summed E-state index contributed by atoms with van der Waals surface area (Å²) >= 11 is 0. The molecular weight excluding hydrogens is 203 g/mol. The van der Waals surface area contributed by atoms with Crippen LogP contribution in [-0.2, 0) is 14.2 Å². The first-order valence-electron chi connectivity index (χ1n) is 3.08. The third kappa shape index (κ3) is 3.93. The van der Waals surface area contributed by atoms with Crippen LogP contribution in [0.1, 0.15) is 0 Å². The van der Waals surface area contributed by atoms with Crippen molar-refractivity contribution in [2.75, 3.05) is 6.16 Å². The van der Waals surface area contributed by atoms with Gasteiger partial charge in [-0.25, -0.2) is 0 Å². The summed E-state index contributed by atoms with van der Waals surface area (Å²) in [6.07, 6.45) is -3.37. The summed E-state index contributed by atoms with van der Waals surface area (Å²) in [4.78, 5) is 30.2. The number of aliphatic hydroxyl groups excluding tert-OH is 1. The molecule has 0 aliphatic carbocycles. The van der Waals surface area contributed by atoms with Crippen LogP contribution < -0.4 is 15.1 Å². The van der Waals surface area contributed by atoms with Crippen LogP contribution in [0.4, 0.5) is 0 Å². The molecule has 0 radical (unpaired) electrons. The lowest BCUT2D eigenvalue weighted by Gasteiger charge is -2.20. The van der Waals surface area contributed by atoms with E-state index in [0.29, 0.717) is 0 Å². The number of carbonyl (C=O) groups excluding carboxylic acids is 2. The molecule has 1 N–H and O–H groups in total. The van der Waals surface area contributed by atoms with Gasteiger partial charge in [0.15, 0.2) is 6.16 Å². The van der Waals surface area contributed by atoms with Crippen molar-refractivity contribution in [3.63, 3.8) is 0 Å². The standard InChI is InChI=1S/C5H7O7P/c6-3(5(9)10)2(4(7)8)1-13(11)12/h2-3,6H,1H2,(H,7,8)(H,9,10)/p-2. The third-order valence-electron chi connectivity index (χ3n) is 1.27. The van der Waals surface area contributed by atoms with Crippen molar-refractivity contribution in [1.29, 1.82) is 0 Å². The minimum atomic E-state index is -3.10. The molecule has 0 amide bonds. The smallest absolute Gasteiger partial charge is 0.309 e. The fourth-order valence-corrected chi connectivity index (χ4v) is 1.30. The number of hydrogen-bond donors (Lipinski definition) is 1. The normalized spacial score (nSPS) is 16.0. The Bertz CT molecular complexity index is 237. The molecule has 3 unspecified atom stereocenters. The van der Waals surface area contributed by atoms with E-state index in [9.17, 15) is 29.3 Å². The summed E-state index contributed by atoms with van der Waals surface area (Å²) in [6, 6.07) is 0. The Morgan fingerprint density at radius 2 is 1.77 bits per heavy atom. The lowest BCUT2D eigenvalue weighted by atomic mass is 10.1. The van der Waals surface area contributed by atoms with Crippen molar-refractivity contribution in [1.82, 2.24) is 0 Å². The number of hydrogen-bond acceptors (Lipinski definition) is 7. The van der Waals surface area contributed by atoms with Gasteiger partial charge in [0, 0.05) is 0 Å². The van der Waals surface area contributed by atoms with Crippen molar-refractivity contribution in [3.05, 3.63) is 0 Å². The predicted octanol–water partition coefficient (Wildman–Crippen LogP) is -4.43. The zero-order chi connectivity index (χ0) is 10.6. The van der Waals surface area contributed by atoms with Crippen LogP contribution in [0.3, 0.4) is 0 Å². The van der Waals surface area contributed by atoms with E-state index in [1.165, 1.54) is 0 Å². The van der Waals surface area contributed by atoms with E-state index >= 15 is 0 Å². The highest BCUT2D eigenvalue weighted by Crippen LogP contribution is 2.16. The summed E-state index contributed by atoms with van der Waals surface area (Å²) in [5.41, 5.74) is 0. The lowest BCUT2D eigenvalue weighted by molar-refractivity contribution is -0.329. The van der Waals surface area contributed by atoms with E-state index in [0.717, 1.165) is 0 Å². The molecule has 0 bridgehead atoms. The van der Waals surface area contributed by atoms with Crippen LogP contribution in [0.2, 0.25) is 0 Å². The van der Waals surface area contributed by atoms with E-state index in [4.69, 9.17) is 5.11 Å². The van der Waals surface area contributed by atoms with Crippen LogP contribution >= 0.6 is 8.03 Å². The Labute approximate surface area is 73.5 Å². The minimum absolute atomic E-state index is 0.993. The highest BCUT2D eigenvalue weighted by Gasteiger charge is 2.26. The average Bonchev–Trinajstić information content (AvgIpc) is 1.97. The molecule has 7 nitrogen and oxygen atoms in total. The molecule has 74 valence electrons. The zero-order valence-corrected chi connectivity index (χ0v) is 7.10. The second kappa shape index (κ2) is 4.86. The number of aliphatic carboxylic acids is 2. The Kier molecular flexibility index (Phi) is 4.47. The van der Waals surface area contributed by atoms with Crippen molar-refractivity contribution in [3.8, 4) is 0 Å². The van der Waals surface area contributed by atoms with Gasteiger partial charge in [-0.2, -0.15) is 0 Å². The summed E-state index contributed by atoms with van der Waals surface area (Å²) < 4.78 is 10.1. The van der Waals surface area contributed by atoms with Gasteiger partial charge in [0.1, 0.15) is 6.10 Å². The molecule has 3 atom stereocenters. The molecule has 0 aliphatic heterocycles. The molecule has 0 aromatic rings. The van der Waals surface area contributed by atoms with E-state index in [1.54, 1.807) is 0 Å². The summed E-state index contributed by atoms with van der Waals surface area (Å²) in [5.74, 6) is -5.99. The Morgan fingerprint density at radius 3 is 2.00 bits per heavy atom. The van der Waals surface area contributed by atoms with Crippen molar-refractivity contribution < 1.29 is 34.4 Å². The van der Waals surface area contributed by atoms with Crippen LogP contribution in [0.25, 0.3) is 0 Å². The highest BCUT2D eigenvalue weighted by atomic mass is 31.1. The van der Waals surface area contributed by atoms with Gasteiger partial charge in [0.25, 0.3) is 0 Å². The fraction of sp³-hybridized carbons (Fsp3) is 0.600. The maximum absolute atomic E-state index is 10.2. The number of carboxylic acid groups (broad SMARTS) is 2. The average molecular weight is 208 g/mol. The second-order valence-corrected chi connectivity index (χ2v) is 3.24. The zero-order valence-electron chi connectivity index (χ0n) is 6.21. The fourth-order valence-electron chi connectivity index (χ4n) is 0.628. The van der Waals surface area contributed by atoms with Gasteiger partial charge in [-0.05, 0) is 0 Å². The number of aliphatic hydroxyl groups is 1. The van der Waals surface area contributed by atoms with Gasteiger partial charge in [-0.15, -0.1) is 0 Å². The van der Waals surface area contributed by atoms with Gasteiger partial charge in [-0.1, -0.05) is 4.57 Å². The monoisotopic (exact) mass is 208 g/mol. The van der Waals surface area contributed by atoms with E-state index in [-0.39, 0.29) is 0 Å². The number of rotatable bonds is 5. The van der Waals surface area contributed by atoms with Crippen LogP contribution in [0, 0.1) is 5.92 Å². The molecule has 0 fully saturated rings. The molecule has 13 heavy (non-hydrogen) atoms. The van der Waals surface area contributed by atoms with E-state index in [2.05, 4.69) is 0 Å². The molecule has 0 saturated carbocycles. The minimum Gasteiger partial charge on any atom is -0.596 e. The summed E-state index contributed by atoms with van der Waals surface area (Å²) in [6.45, 7) is 0. The maximum Gasteiger partial charge on any atom is 0.309 e. The topological polar surface area (TPSA) is 141 Å². The van der Waals surface area contributed by atoms with Gasteiger partial charge in [0.05, 0.1) is 17.9 Å². The quantitative estimate of drug-likeness (QED) is 0.449. The summed E-state index contributed by atoms with van der Waals surface area (Å²) in [7, 11) is -3.10. The largest absolute Gasteiger partial charge is 0.596 e. The molecule has 0 aromatic carbocycles. The SMILES string of the molecule is O=C([O-])C(O)C(C[P+](=O)[O-])C(=O)[O-]. The molecule has 0 aromatic heterocycles. The summed E-state index contributed by atoms with van der Waals surface area (Å²) in [5, 5.41) is 28.8. The third-order valence-corrected chi connectivity index (χ3v) is 1.96.